The fraction of sp³-hybridized carbons (Fsp3) is 0.320. The number of amides is 1. The number of aromatic nitrogens is 2. The van der Waals surface area contributed by atoms with Crippen molar-refractivity contribution >= 4 is 28.7 Å². The fourth-order valence-electron chi connectivity index (χ4n) is 4.56. The van der Waals surface area contributed by atoms with E-state index >= 15 is 0 Å². The average Bonchev–Trinajstić information content (AvgIpc) is 3.36. The number of hydrogen-bond acceptors (Lipinski definition) is 4. The standard InChI is InChI=1S/C25H29N5O/c1-18-11-20(16-30(18)25(31)10-7-19-5-3-2-4-6-19)15-29-17-28-23-12-21(8-9-24(23)29)22(13-26)14-27/h2-6,8-9,12-14,17-18,20,26H,7,10-11,15-16,27H2,1H3/b22-14+,26-13?. The van der Waals surface area contributed by atoms with E-state index < -0.39 is 0 Å². The van der Waals surface area contributed by atoms with Crippen molar-refractivity contribution < 1.29 is 4.79 Å². The van der Waals surface area contributed by atoms with Gasteiger partial charge in [0.05, 0.1) is 17.4 Å². The van der Waals surface area contributed by atoms with Gasteiger partial charge in [0.2, 0.25) is 5.91 Å². The minimum Gasteiger partial charge on any atom is -0.404 e. The van der Waals surface area contributed by atoms with E-state index in [0.29, 0.717) is 17.9 Å². The highest BCUT2D eigenvalue weighted by Gasteiger charge is 2.32. The Morgan fingerprint density at radius 2 is 2.06 bits per heavy atom. The van der Waals surface area contributed by atoms with Gasteiger partial charge in [0.15, 0.2) is 0 Å². The highest BCUT2D eigenvalue weighted by molar-refractivity contribution is 6.08. The lowest BCUT2D eigenvalue weighted by Crippen LogP contribution is -2.34. The zero-order valence-electron chi connectivity index (χ0n) is 17.9. The van der Waals surface area contributed by atoms with Gasteiger partial charge in [0.25, 0.3) is 0 Å². The Morgan fingerprint density at radius 1 is 1.26 bits per heavy atom. The molecule has 0 spiro atoms. The number of hydrogen-bond donors (Lipinski definition) is 2. The van der Waals surface area contributed by atoms with E-state index in [1.54, 1.807) is 0 Å². The third kappa shape index (κ3) is 4.53. The maximum Gasteiger partial charge on any atom is 0.223 e. The van der Waals surface area contributed by atoms with Crippen LogP contribution in [-0.2, 0) is 17.8 Å². The quantitative estimate of drug-likeness (QED) is 0.575. The van der Waals surface area contributed by atoms with Gasteiger partial charge in [0, 0.05) is 43.5 Å². The van der Waals surface area contributed by atoms with Crippen molar-refractivity contribution in [2.24, 2.45) is 11.7 Å². The van der Waals surface area contributed by atoms with Gasteiger partial charge < -0.3 is 20.6 Å². The molecule has 0 radical (unpaired) electrons. The summed E-state index contributed by atoms with van der Waals surface area (Å²) in [5.74, 6) is 0.653. The first-order valence-corrected chi connectivity index (χ1v) is 10.8. The number of likely N-dealkylation sites (tertiary alicyclic amines) is 1. The van der Waals surface area contributed by atoms with Crippen molar-refractivity contribution in [1.82, 2.24) is 14.5 Å². The molecule has 6 nitrogen and oxygen atoms in total. The SMILES string of the molecule is CC1CC(Cn2cnc3cc(/C(C=N)=C/N)ccc32)CN1C(=O)CCc1ccccc1. The molecule has 6 heteroatoms. The second-order valence-corrected chi connectivity index (χ2v) is 8.35. The van der Waals surface area contributed by atoms with Crippen molar-refractivity contribution in [3.63, 3.8) is 0 Å². The third-order valence-electron chi connectivity index (χ3n) is 6.20. The number of fused-ring (bicyclic) bond motifs is 1. The fourth-order valence-corrected chi connectivity index (χ4v) is 4.56. The summed E-state index contributed by atoms with van der Waals surface area (Å²) >= 11 is 0. The highest BCUT2D eigenvalue weighted by Crippen LogP contribution is 2.27. The molecule has 2 unspecified atom stereocenters. The zero-order chi connectivity index (χ0) is 21.8. The molecule has 1 amide bonds. The summed E-state index contributed by atoms with van der Waals surface area (Å²) in [6.07, 6.45) is 6.91. The number of carbonyl (C=O) groups excluding carboxylic acids is 1. The lowest BCUT2D eigenvalue weighted by molar-refractivity contribution is -0.131. The first-order chi connectivity index (χ1) is 15.1. The van der Waals surface area contributed by atoms with Crippen molar-refractivity contribution in [1.29, 1.82) is 5.41 Å². The molecule has 3 aromatic rings. The molecule has 3 N–H and O–H groups in total. The molecule has 0 saturated carbocycles. The minimum absolute atomic E-state index is 0.242. The molecule has 1 fully saturated rings. The first-order valence-electron chi connectivity index (χ1n) is 10.8. The molecule has 2 atom stereocenters. The minimum atomic E-state index is 0.242. The monoisotopic (exact) mass is 415 g/mol. The Morgan fingerprint density at radius 3 is 2.81 bits per heavy atom. The molecule has 31 heavy (non-hydrogen) atoms. The molecule has 1 aliphatic rings. The van der Waals surface area contributed by atoms with Crippen LogP contribution in [0.25, 0.3) is 16.6 Å². The Bertz CT molecular complexity index is 1100. The van der Waals surface area contributed by atoms with Crippen LogP contribution in [0.2, 0.25) is 0 Å². The summed E-state index contributed by atoms with van der Waals surface area (Å²) < 4.78 is 2.17. The summed E-state index contributed by atoms with van der Waals surface area (Å²) in [6, 6.07) is 16.4. The van der Waals surface area contributed by atoms with E-state index in [9.17, 15) is 4.79 Å². The van der Waals surface area contributed by atoms with E-state index in [1.807, 2.05) is 47.6 Å². The lowest BCUT2D eigenvalue weighted by Gasteiger charge is -2.21. The molecule has 1 aromatic heterocycles. The Kier molecular flexibility index (Phi) is 6.16. The number of aryl methyl sites for hydroxylation is 1. The van der Waals surface area contributed by atoms with Gasteiger partial charge in [-0.3, -0.25) is 4.79 Å². The van der Waals surface area contributed by atoms with Crippen LogP contribution in [0.5, 0.6) is 0 Å². The maximum atomic E-state index is 12.8. The molecular formula is C25H29N5O. The average molecular weight is 416 g/mol. The van der Waals surface area contributed by atoms with Crippen molar-refractivity contribution in [3.05, 3.63) is 72.2 Å². The molecular weight excluding hydrogens is 386 g/mol. The molecule has 1 saturated heterocycles. The number of allylic oxidation sites excluding steroid dienone is 1. The topological polar surface area (TPSA) is 88.0 Å². The van der Waals surface area contributed by atoms with E-state index in [0.717, 1.165) is 42.5 Å². The van der Waals surface area contributed by atoms with Gasteiger partial charge in [-0.2, -0.15) is 0 Å². The van der Waals surface area contributed by atoms with E-state index in [4.69, 9.17) is 11.1 Å². The Labute approximate surface area is 182 Å². The summed E-state index contributed by atoms with van der Waals surface area (Å²) in [6.45, 7) is 3.78. The van der Waals surface area contributed by atoms with Crippen molar-refractivity contribution in [2.75, 3.05) is 6.54 Å². The van der Waals surface area contributed by atoms with Crippen LogP contribution < -0.4 is 5.73 Å². The lowest BCUT2D eigenvalue weighted by atomic mass is 10.1. The van der Waals surface area contributed by atoms with Crippen LogP contribution in [0.4, 0.5) is 0 Å². The van der Waals surface area contributed by atoms with Gasteiger partial charge in [-0.15, -0.1) is 0 Å². The summed E-state index contributed by atoms with van der Waals surface area (Å²) in [5.41, 5.74) is 10.3. The van der Waals surface area contributed by atoms with Crippen LogP contribution >= 0.6 is 0 Å². The summed E-state index contributed by atoms with van der Waals surface area (Å²) in [4.78, 5) is 19.4. The second kappa shape index (κ2) is 9.16. The van der Waals surface area contributed by atoms with Gasteiger partial charge in [0.1, 0.15) is 0 Å². The first kappa shape index (κ1) is 20.8. The zero-order valence-corrected chi connectivity index (χ0v) is 17.9. The third-order valence-corrected chi connectivity index (χ3v) is 6.20. The number of imidazole rings is 1. The van der Waals surface area contributed by atoms with E-state index in [2.05, 4.69) is 28.6 Å². The second-order valence-electron chi connectivity index (χ2n) is 8.35. The number of nitrogens with zero attached hydrogens (tertiary/aromatic N) is 3. The van der Waals surface area contributed by atoms with Gasteiger partial charge in [-0.05, 0) is 48.9 Å². The number of nitrogens with two attached hydrogens (primary N) is 1. The predicted octanol–water partition coefficient (Wildman–Crippen LogP) is 3.86. The van der Waals surface area contributed by atoms with E-state index in [1.165, 1.54) is 18.0 Å². The van der Waals surface area contributed by atoms with Crippen molar-refractivity contribution in [2.45, 2.75) is 38.8 Å². The van der Waals surface area contributed by atoms with E-state index in [-0.39, 0.29) is 11.9 Å². The molecule has 0 bridgehead atoms. The predicted molar refractivity (Wildman–Crippen MR) is 125 cm³/mol. The number of carbonyl (C=O) groups is 1. The smallest absolute Gasteiger partial charge is 0.223 e. The Balaban J connectivity index is 1.40. The largest absolute Gasteiger partial charge is 0.404 e. The normalized spacial score (nSPS) is 19.1. The van der Waals surface area contributed by atoms with Crippen LogP contribution in [0, 0.1) is 11.3 Å². The summed E-state index contributed by atoms with van der Waals surface area (Å²) in [5, 5.41) is 7.48. The Hall–Kier alpha value is -3.41. The number of rotatable bonds is 7. The van der Waals surface area contributed by atoms with Gasteiger partial charge in [-0.1, -0.05) is 36.4 Å². The molecule has 2 heterocycles. The van der Waals surface area contributed by atoms with Crippen LogP contribution in [0.1, 0.15) is 30.9 Å². The van der Waals surface area contributed by atoms with Gasteiger partial charge in [-0.25, -0.2) is 4.98 Å². The van der Waals surface area contributed by atoms with Gasteiger partial charge >= 0.3 is 0 Å². The van der Waals surface area contributed by atoms with Crippen LogP contribution in [-0.4, -0.2) is 39.2 Å². The molecule has 1 aliphatic heterocycles. The van der Waals surface area contributed by atoms with Crippen LogP contribution in [0.3, 0.4) is 0 Å². The van der Waals surface area contributed by atoms with Crippen LogP contribution in [0.15, 0.2) is 61.1 Å². The molecule has 4 rings (SSSR count). The molecule has 0 aliphatic carbocycles. The highest BCUT2D eigenvalue weighted by atomic mass is 16.2. The number of benzene rings is 2. The van der Waals surface area contributed by atoms with Crippen molar-refractivity contribution in [3.8, 4) is 0 Å². The number of nitrogens with one attached hydrogen (secondary N) is 1. The molecule has 160 valence electrons. The molecule has 2 aromatic carbocycles. The summed E-state index contributed by atoms with van der Waals surface area (Å²) in [7, 11) is 0. The maximum absolute atomic E-state index is 12.8.